The van der Waals surface area contributed by atoms with Gasteiger partial charge >= 0.3 is 0 Å². The lowest BCUT2D eigenvalue weighted by Crippen LogP contribution is -2.70. The van der Waals surface area contributed by atoms with Gasteiger partial charge in [0.25, 0.3) is 11.6 Å². The van der Waals surface area contributed by atoms with Crippen molar-refractivity contribution < 1.29 is 48.2 Å². The molecule has 6 atom stereocenters. The molecule has 0 saturated heterocycles. The molecule has 0 bridgehead atoms. The molecule has 366 valence electrons. The van der Waals surface area contributed by atoms with Crippen molar-refractivity contribution >= 4 is 23.6 Å². The van der Waals surface area contributed by atoms with Gasteiger partial charge in [-0.3, -0.25) is 19.7 Å². The molecule has 0 aromatic heterocycles. The van der Waals surface area contributed by atoms with E-state index in [0.717, 1.165) is 17.4 Å². The van der Waals surface area contributed by atoms with E-state index in [1.54, 1.807) is 89.8 Å². The number of ether oxygens (including phenoxy) is 3. The van der Waals surface area contributed by atoms with Crippen LogP contribution in [0.2, 0.25) is 0 Å². The number of aldehydes is 1. The summed E-state index contributed by atoms with van der Waals surface area (Å²) in [6.45, 7) is 3.99. The van der Waals surface area contributed by atoms with Crippen LogP contribution >= 0.6 is 0 Å². The molecule has 71 heavy (non-hydrogen) atoms. The Kier molecular flexibility index (Phi) is 16.1. The maximum Gasteiger partial charge on any atom is 0.269 e. The van der Waals surface area contributed by atoms with Crippen LogP contribution in [0.25, 0.3) is 0 Å². The summed E-state index contributed by atoms with van der Waals surface area (Å²) in [5, 5.41) is 46.1. The number of rotatable bonds is 22. The number of aliphatic hydroxyl groups excluding tert-OH is 2. The van der Waals surface area contributed by atoms with Crippen molar-refractivity contribution in [3.63, 3.8) is 0 Å². The van der Waals surface area contributed by atoms with E-state index >= 15 is 4.79 Å². The first-order valence-corrected chi connectivity index (χ1v) is 23.8. The Morgan fingerprint density at radius 1 is 0.944 bits per heavy atom. The molecule has 5 aromatic carbocycles. The van der Waals surface area contributed by atoms with Crippen LogP contribution in [0.15, 0.2) is 145 Å². The molecule has 5 aromatic rings. The van der Waals surface area contributed by atoms with Crippen LogP contribution in [0, 0.1) is 45.0 Å². The number of carbonyl (C=O) groups is 2. The summed E-state index contributed by atoms with van der Waals surface area (Å²) in [6, 6.07) is 31.7. The third-order valence-corrected chi connectivity index (χ3v) is 13.6. The average molecular weight is 963 g/mol. The number of hydrogen-bond donors (Lipinski definition) is 2. The number of aliphatic hydroxyl groups is 2. The molecule has 0 spiro atoms. The second-order valence-corrected chi connectivity index (χ2v) is 18.0. The van der Waals surface area contributed by atoms with Gasteiger partial charge in [-0.15, -0.1) is 6.58 Å². The first kappa shape index (κ1) is 49.9. The number of hydrogen-bond acceptors (Lipinski definition) is 12. The lowest BCUT2D eigenvalue weighted by Gasteiger charge is -2.60. The summed E-state index contributed by atoms with van der Waals surface area (Å²) in [6.07, 6.45) is 8.55. The minimum atomic E-state index is -1.65. The highest BCUT2D eigenvalue weighted by atomic mass is 19.1. The van der Waals surface area contributed by atoms with Crippen molar-refractivity contribution in [2.45, 2.75) is 75.8 Å². The van der Waals surface area contributed by atoms with Gasteiger partial charge in [0.2, 0.25) is 5.79 Å². The number of nitrogens with zero attached hydrogens (tertiary/aromatic N) is 4. The molecular weight excluding hydrogens is 908 g/mol. The molecule has 1 aliphatic heterocycles. The first-order chi connectivity index (χ1) is 34.6. The van der Waals surface area contributed by atoms with Crippen LogP contribution in [0.5, 0.6) is 17.2 Å². The zero-order chi connectivity index (χ0) is 49.9. The number of carbonyl (C=O) groups excluding carboxylic acids is 2. The van der Waals surface area contributed by atoms with Gasteiger partial charge in [-0.2, -0.15) is 5.26 Å². The normalized spacial score (nSPS) is 21.4. The van der Waals surface area contributed by atoms with Gasteiger partial charge in [0.1, 0.15) is 42.0 Å². The fraction of sp³-hybridized carbons (Fsp3) is 0.321. The summed E-state index contributed by atoms with van der Waals surface area (Å²) in [5.74, 6) is -2.40. The Balaban J connectivity index is 1.36. The van der Waals surface area contributed by atoms with Crippen LogP contribution in [0.3, 0.4) is 0 Å². The summed E-state index contributed by atoms with van der Waals surface area (Å²) in [4.78, 5) is 46.0. The number of halogens is 1. The number of oxime groups is 1. The third-order valence-electron chi connectivity index (χ3n) is 13.6. The number of nitriles is 1. The Morgan fingerprint density at radius 3 is 2.35 bits per heavy atom. The van der Waals surface area contributed by atoms with E-state index < -0.39 is 40.3 Å². The molecule has 0 radical (unpaired) electrons. The number of nitro benzene ring substituents is 1. The average Bonchev–Trinajstić information content (AvgIpc) is 3.39. The van der Waals surface area contributed by atoms with Gasteiger partial charge in [0, 0.05) is 60.9 Å². The standard InChI is InChI=1S/C56H55FN4O10/c1-2-28-68-56-52(60(34-38-14-20-43(57)21-15-38)55(65)41-18-12-37(33-58)13-19-41)32-50(59-69-36-39-16-22-44(23-17-39)61(66)67)48-30-42(9-3-5-26-62)47(11-4-6-27-63)53(54(48)56)49-31-46(24-25-51(49)71-56)70-45-10-7-8-40(29-45)35-64/h2,7-8,10,12-25,29-31,35,42,47,52-54,62-63H,1,3-6,9,11,26-28,32,34,36H2/t42-,47+,52-,53+,54+,56+/m0/s1. The number of benzene rings is 5. The fourth-order valence-corrected chi connectivity index (χ4v) is 10.4. The molecule has 3 aliphatic rings. The lowest BCUT2D eigenvalue weighted by atomic mass is 9.55. The summed E-state index contributed by atoms with van der Waals surface area (Å²) in [5.41, 5.74) is 4.35. The molecule has 2 N–H and O–H groups in total. The highest BCUT2D eigenvalue weighted by Gasteiger charge is 2.65. The number of nitro groups is 1. The van der Waals surface area contributed by atoms with Crippen LogP contribution < -0.4 is 9.47 Å². The molecule has 15 heteroatoms. The number of amides is 1. The molecule has 0 unspecified atom stereocenters. The molecular formula is C56H55FN4O10. The highest BCUT2D eigenvalue weighted by Crippen LogP contribution is 2.62. The maximum absolute atomic E-state index is 15.4. The second-order valence-electron chi connectivity index (χ2n) is 18.0. The number of allylic oxidation sites excluding steroid dienone is 1. The monoisotopic (exact) mass is 962 g/mol. The van der Waals surface area contributed by atoms with Gasteiger partial charge in [0.05, 0.1) is 34.8 Å². The number of fused-ring (bicyclic) bond motifs is 2. The van der Waals surface area contributed by atoms with Crippen molar-refractivity contribution in [2.24, 2.45) is 22.9 Å². The van der Waals surface area contributed by atoms with Crippen molar-refractivity contribution in [3.05, 3.63) is 189 Å². The minimum absolute atomic E-state index is 0.00177. The number of unbranched alkanes of at least 4 members (excludes halogenated alkanes) is 2. The van der Waals surface area contributed by atoms with Gasteiger partial charge in [-0.1, -0.05) is 54.4 Å². The van der Waals surface area contributed by atoms with E-state index in [-0.39, 0.29) is 62.5 Å². The molecule has 14 nitrogen and oxygen atoms in total. The van der Waals surface area contributed by atoms with Crippen molar-refractivity contribution in [1.82, 2.24) is 4.90 Å². The quantitative estimate of drug-likeness (QED) is 0.0220. The summed E-state index contributed by atoms with van der Waals surface area (Å²) < 4.78 is 35.5. The largest absolute Gasteiger partial charge is 0.459 e. The molecule has 1 heterocycles. The molecule has 8 rings (SSSR count). The SMILES string of the molecule is C=CCO[C@@]12Oc3ccc(Oc4cccc(C=O)c4)cc3[C@H]3[C@H](CCCCO)[C@@H](CCCCO)C=C(C(=NOCc4ccc([N+](=O)[O-])cc4)C[C@@H]1N(Cc1ccc(F)cc1)C(=O)c1ccc(C#N)cc1)[C@H]32. The Hall–Kier alpha value is -7.51. The molecule has 1 saturated carbocycles. The Bertz CT molecular complexity index is 2810. The van der Waals surface area contributed by atoms with Gasteiger partial charge in [0.15, 0.2) is 0 Å². The van der Waals surface area contributed by atoms with E-state index in [4.69, 9.17) is 24.2 Å². The minimum Gasteiger partial charge on any atom is -0.459 e. The Labute approximate surface area is 411 Å². The fourth-order valence-electron chi connectivity index (χ4n) is 10.4. The van der Waals surface area contributed by atoms with Crippen molar-refractivity contribution in [3.8, 4) is 23.3 Å². The molecule has 1 fully saturated rings. The van der Waals surface area contributed by atoms with Gasteiger partial charge < -0.3 is 34.2 Å². The number of non-ortho nitro benzene ring substituents is 1. The van der Waals surface area contributed by atoms with Gasteiger partial charge in [-0.25, -0.2) is 4.39 Å². The zero-order valence-corrected chi connectivity index (χ0v) is 39.1. The van der Waals surface area contributed by atoms with Crippen molar-refractivity contribution in [2.75, 3.05) is 19.8 Å². The Morgan fingerprint density at radius 2 is 1.66 bits per heavy atom. The van der Waals surface area contributed by atoms with E-state index in [1.165, 1.54) is 24.3 Å². The molecule has 1 amide bonds. The van der Waals surface area contributed by atoms with Crippen LogP contribution in [-0.4, -0.2) is 69.6 Å². The van der Waals surface area contributed by atoms with E-state index in [1.807, 2.05) is 12.1 Å². The summed E-state index contributed by atoms with van der Waals surface area (Å²) in [7, 11) is 0. The van der Waals surface area contributed by atoms with Crippen LogP contribution in [0.1, 0.15) is 93.8 Å². The maximum atomic E-state index is 15.4. The van der Waals surface area contributed by atoms with Gasteiger partial charge in [-0.05, 0) is 133 Å². The van der Waals surface area contributed by atoms with Crippen LogP contribution in [-0.2, 0) is 22.7 Å². The third kappa shape index (κ3) is 11.1. The summed E-state index contributed by atoms with van der Waals surface area (Å²) >= 11 is 0. The van der Waals surface area contributed by atoms with E-state index in [0.29, 0.717) is 83.7 Å². The van der Waals surface area contributed by atoms with E-state index in [9.17, 15) is 34.8 Å². The van der Waals surface area contributed by atoms with E-state index in [2.05, 4.69) is 18.7 Å². The lowest BCUT2D eigenvalue weighted by molar-refractivity contribution is -0.384. The van der Waals surface area contributed by atoms with Crippen LogP contribution in [0.4, 0.5) is 10.1 Å². The molecule has 2 aliphatic carbocycles. The van der Waals surface area contributed by atoms with Crippen molar-refractivity contribution in [1.29, 1.82) is 5.26 Å². The smallest absolute Gasteiger partial charge is 0.269 e. The first-order valence-electron chi connectivity index (χ1n) is 23.8. The topological polar surface area (TPSA) is 194 Å². The predicted octanol–water partition coefficient (Wildman–Crippen LogP) is 10.4. The zero-order valence-electron chi connectivity index (χ0n) is 39.1. The highest BCUT2D eigenvalue weighted by molar-refractivity contribution is 6.03. The predicted molar refractivity (Wildman–Crippen MR) is 262 cm³/mol. The second kappa shape index (κ2) is 22.9.